The summed E-state index contributed by atoms with van der Waals surface area (Å²) in [5.74, 6) is 0. The van der Waals surface area contributed by atoms with Crippen molar-refractivity contribution in [2.75, 3.05) is 0 Å². The molecule has 3 nitrogen and oxygen atoms in total. The van der Waals surface area contributed by atoms with E-state index in [-0.39, 0.29) is 0 Å². The molecule has 0 amide bonds. The van der Waals surface area contributed by atoms with Gasteiger partial charge in [-0.1, -0.05) is 6.92 Å². The van der Waals surface area contributed by atoms with E-state index in [4.69, 9.17) is 0 Å². The van der Waals surface area contributed by atoms with Crippen LogP contribution in [-0.2, 0) is 6.54 Å². The van der Waals surface area contributed by atoms with Crippen LogP contribution in [0.15, 0.2) is 24.5 Å². The van der Waals surface area contributed by atoms with Crippen LogP contribution < -0.4 is 0 Å². The van der Waals surface area contributed by atoms with Gasteiger partial charge in [0.05, 0.1) is 6.20 Å². The van der Waals surface area contributed by atoms with Crippen molar-refractivity contribution >= 4 is 11.0 Å². The summed E-state index contributed by atoms with van der Waals surface area (Å²) < 4.78 is 1.94. The van der Waals surface area contributed by atoms with E-state index in [1.807, 2.05) is 23.0 Å². The third-order valence-corrected chi connectivity index (χ3v) is 1.83. The van der Waals surface area contributed by atoms with Crippen LogP contribution in [0.3, 0.4) is 0 Å². The van der Waals surface area contributed by atoms with Gasteiger partial charge in [-0.15, -0.1) is 0 Å². The van der Waals surface area contributed by atoms with Crippen LogP contribution in [0.5, 0.6) is 0 Å². The molecule has 0 radical (unpaired) electrons. The molecule has 0 saturated heterocycles. The summed E-state index contributed by atoms with van der Waals surface area (Å²) >= 11 is 0. The minimum atomic E-state index is 0.945. The Labute approximate surface area is 71.0 Å². The summed E-state index contributed by atoms with van der Waals surface area (Å²) in [6.45, 7) is 3.08. The summed E-state index contributed by atoms with van der Waals surface area (Å²) in [6.07, 6.45) is 4.75. The lowest BCUT2D eigenvalue weighted by atomic mass is 10.3. The van der Waals surface area contributed by atoms with Crippen molar-refractivity contribution in [2.24, 2.45) is 0 Å². The molecule has 0 atom stereocenters. The summed E-state index contributed by atoms with van der Waals surface area (Å²) in [5, 5.41) is 5.36. The highest BCUT2D eigenvalue weighted by Gasteiger charge is 1.99. The van der Waals surface area contributed by atoms with Crippen molar-refractivity contribution in [3.8, 4) is 0 Å². The third-order valence-electron chi connectivity index (χ3n) is 1.83. The summed E-state index contributed by atoms with van der Waals surface area (Å²) in [6, 6.07) is 3.96. The predicted octanol–water partition coefficient (Wildman–Crippen LogP) is 1.84. The Morgan fingerprint density at radius 3 is 3.25 bits per heavy atom. The van der Waals surface area contributed by atoms with E-state index in [2.05, 4.69) is 17.0 Å². The van der Waals surface area contributed by atoms with Gasteiger partial charge in [0, 0.05) is 18.1 Å². The monoisotopic (exact) mass is 161 g/mol. The van der Waals surface area contributed by atoms with Crippen LogP contribution in [0.4, 0.5) is 0 Å². The Balaban J connectivity index is 2.55. The minimum Gasteiger partial charge on any atom is -0.247 e. The molecule has 0 aliphatic carbocycles. The maximum Gasteiger partial charge on any atom is 0.157 e. The number of aryl methyl sites for hydroxylation is 1. The van der Waals surface area contributed by atoms with Gasteiger partial charge in [-0.2, -0.15) is 5.10 Å². The van der Waals surface area contributed by atoms with Gasteiger partial charge in [0.15, 0.2) is 5.65 Å². The first-order chi connectivity index (χ1) is 5.92. The highest BCUT2D eigenvalue weighted by molar-refractivity contribution is 5.73. The van der Waals surface area contributed by atoms with E-state index in [9.17, 15) is 0 Å². The van der Waals surface area contributed by atoms with Crippen molar-refractivity contribution in [2.45, 2.75) is 19.9 Å². The molecule has 0 fully saturated rings. The quantitative estimate of drug-likeness (QED) is 0.672. The molecule has 0 spiro atoms. The second kappa shape index (κ2) is 2.93. The summed E-state index contributed by atoms with van der Waals surface area (Å²) in [5.41, 5.74) is 0.986. The average Bonchev–Trinajstić information content (AvgIpc) is 2.50. The Hall–Kier alpha value is -1.38. The van der Waals surface area contributed by atoms with Crippen molar-refractivity contribution in [1.82, 2.24) is 14.8 Å². The predicted molar refractivity (Wildman–Crippen MR) is 47.8 cm³/mol. The summed E-state index contributed by atoms with van der Waals surface area (Å²) in [7, 11) is 0. The number of hydrogen-bond donors (Lipinski definition) is 0. The topological polar surface area (TPSA) is 30.7 Å². The SMILES string of the molecule is CCCn1ncc2cccnc21. The van der Waals surface area contributed by atoms with Crippen LogP contribution in [0.25, 0.3) is 11.0 Å². The van der Waals surface area contributed by atoms with Crippen LogP contribution >= 0.6 is 0 Å². The van der Waals surface area contributed by atoms with E-state index in [0.717, 1.165) is 24.0 Å². The number of aromatic nitrogens is 3. The molecule has 2 aromatic rings. The molecule has 0 aliphatic heterocycles. The molecule has 62 valence electrons. The first-order valence-corrected chi connectivity index (χ1v) is 4.18. The molecule has 0 aromatic carbocycles. The molecule has 0 bridgehead atoms. The first-order valence-electron chi connectivity index (χ1n) is 4.18. The zero-order chi connectivity index (χ0) is 8.39. The van der Waals surface area contributed by atoms with Gasteiger partial charge in [-0.25, -0.2) is 9.67 Å². The zero-order valence-corrected chi connectivity index (χ0v) is 7.07. The van der Waals surface area contributed by atoms with Gasteiger partial charge < -0.3 is 0 Å². The lowest BCUT2D eigenvalue weighted by molar-refractivity contribution is 0.617. The van der Waals surface area contributed by atoms with Crippen LogP contribution in [-0.4, -0.2) is 14.8 Å². The van der Waals surface area contributed by atoms with Crippen molar-refractivity contribution in [1.29, 1.82) is 0 Å². The molecular weight excluding hydrogens is 150 g/mol. The van der Waals surface area contributed by atoms with E-state index >= 15 is 0 Å². The molecule has 2 rings (SSSR count). The van der Waals surface area contributed by atoms with Gasteiger partial charge in [-0.3, -0.25) is 0 Å². The minimum absolute atomic E-state index is 0.945. The molecule has 2 aromatic heterocycles. The normalized spacial score (nSPS) is 10.8. The standard InChI is InChI=1S/C9H11N3/c1-2-6-12-9-8(7-11-12)4-3-5-10-9/h3-5,7H,2,6H2,1H3. The largest absolute Gasteiger partial charge is 0.247 e. The van der Waals surface area contributed by atoms with Crippen LogP contribution in [0, 0.1) is 0 Å². The van der Waals surface area contributed by atoms with Crippen LogP contribution in [0.2, 0.25) is 0 Å². The smallest absolute Gasteiger partial charge is 0.157 e. The Morgan fingerprint density at radius 1 is 1.50 bits per heavy atom. The maximum atomic E-state index is 4.26. The molecule has 12 heavy (non-hydrogen) atoms. The zero-order valence-electron chi connectivity index (χ0n) is 7.07. The highest BCUT2D eigenvalue weighted by Crippen LogP contribution is 2.09. The fourth-order valence-electron chi connectivity index (χ4n) is 1.29. The molecule has 0 aliphatic rings. The molecule has 0 N–H and O–H groups in total. The lowest BCUT2D eigenvalue weighted by Crippen LogP contribution is -1.98. The van der Waals surface area contributed by atoms with Gasteiger partial charge in [0.1, 0.15) is 0 Å². The Kier molecular flexibility index (Phi) is 1.78. The van der Waals surface area contributed by atoms with Crippen molar-refractivity contribution in [3.63, 3.8) is 0 Å². The van der Waals surface area contributed by atoms with E-state index < -0.39 is 0 Å². The van der Waals surface area contributed by atoms with Gasteiger partial charge in [0.25, 0.3) is 0 Å². The molecule has 0 unspecified atom stereocenters. The Morgan fingerprint density at radius 2 is 2.42 bits per heavy atom. The fraction of sp³-hybridized carbons (Fsp3) is 0.333. The van der Waals surface area contributed by atoms with E-state index in [1.54, 1.807) is 6.20 Å². The number of pyridine rings is 1. The first kappa shape index (κ1) is 7.28. The van der Waals surface area contributed by atoms with E-state index in [1.165, 1.54) is 0 Å². The second-order valence-electron chi connectivity index (χ2n) is 2.78. The Bertz CT molecular complexity index is 378. The average molecular weight is 161 g/mol. The molecule has 2 heterocycles. The number of fused-ring (bicyclic) bond motifs is 1. The van der Waals surface area contributed by atoms with Crippen molar-refractivity contribution < 1.29 is 0 Å². The number of hydrogen-bond acceptors (Lipinski definition) is 2. The highest BCUT2D eigenvalue weighted by atomic mass is 15.3. The molecule has 0 saturated carbocycles. The summed E-state index contributed by atoms with van der Waals surface area (Å²) in [4.78, 5) is 4.26. The molecular formula is C9H11N3. The van der Waals surface area contributed by atoms with E-state index in [0.29, 0.717) is 0 Å². The fourth-order valence-corrected chi connectivity index (χ4v) is 1.29. The van der Waals surface area contributed by atoms with Gasteiger partial charge in [-0.05, 0) is 18.6 Å². The van der Waals surface area contributed by atoms with Gasteiger partial charge in [0.2, 0.25) is 0 Å². The number of nitrogens with zero attached hydrogens (tertiary/aromatic N) is 3. The maximum absolute atomic E-state index is 4.26. The third kappa shape index (κ3) is 1.07. The molecule has 3 heteroatoms. The lowest BCUT2D eigenvalue weighted by Gasteiger charge is -1.97. The van der Waals surface area contributed by atoms with Gasteiger partial charge >= 0.3 is 0 Å². The van der Waals surface area contributed by atoms with Crippen molar-refractivity contribution in [3.05, 3.63) is 24.5 Å². The second-order valence-corrected chi connectivity index (χ2v) is 2.78. The number of rotatable bonds is 2. The van der Waals surface area contributed by atoms with Crippen LogP contribution in [0.1, 0.15) is 13.3 Å².